The lowest BCUT2D eigenvalue weighted by molar-refractivity contribution is -0.134. The molecule has 4 nitrogen and oxygen atoms in total. The smallest absolute Gasteiger partial charge is 0.223 e. The molecule has 1 aromatic carbocycles. The quantitative estimate of drug-likeness (QED) is 0.660. The Morgan fingerprint density at radius 1 is 1.07 bits per heavy atom. The van der Waals surface area contributed by atoms with Crippen molar-refractivity contribution in [2.75, 3.05) is 0 Å². The van der Waals surface area contributed by atoms with Crippen LogP contribution in [0.3, 0.4) is 0 Å². The van der Waals surface area contributed by atoms with Crippen molar-refractivity contribution in [3.8, 4) is 0 Å². The van der Waals surface area contributed by atoms with Crippen LogP contribution in [0, 0.1) is 0 Å². The molecule has 0 aliphatic heterocycles. The maximum absolute atomic E-state index is 13.0. The standard InChI is InChI=1S/C24H28N2O2/c1-17(22-8-4-5-15-25-22)26(21-11-12-21)24(28)14-13-23(27)20-10-9-18-6-2-3-7-19(18)16-20/h4-5,8-10,15-17,21H,2-3,6-7,11-14H2,1H3. The summed E-state index contributed by atoms with van der Waals surface area (Å²) in [5, 5.41) is 0. The van der Waals surface area contributed by atoms with Crippen molar-refractivity contribution < 1.29 is 9.59 Å². The zero-order valence-electron chi connectivity index (χ0n) is 16.6. The molecule has 1 fully saturated rings. The normalized spacial score (nSPS) is 16.9. The summed E-state index contributed by atoms with van der Waals surface area (Å²) >= 11 is 0. The molecule has 0 saturated heterocycles. The molecule has 1 saturated carbocycles. The van der Waals surface area contributed by atoms with E-state index in [9.17, 15) is 9.59 Å². The molecule has 0 N–H and O–H groups in total. The summed E-state index contributed by atoms with van der Waals surface area (Å²) in [5.41, 5.74) is 4.35. The van der Waals surface area contributed by atoms with Crippen LogP contribution in [0.4, 0.5) is 0 Å². The van der Waals surface area contributed by atoms with Gasteiger partial charge in [0.1, 0.15) is 0 Å². The van der Waals surface area contributed by atoms with Gasteiger partial charge in [-0.2, -0.15) is 0 Å². The molecule has 0 bridgehead atoms. The molecule has 1 unspecified atom stereocenters. The second-order valence-corrected chi connectivity index (χ2v) is 8.08. The van der Waals surface area contributed by atoms with Crippen molar-refractivity contribution in [3.63, 3.8) is 0 Å². The summed E-state index contributed by atoms with van der Waals surface area (Å²) < 4.78 is 0. The summed E-state index contributed by atoms with van der Waals surface area (Å²) in [6.45, 7) is 2.03. The molecule has 2 aliphatic carbocycles. The van der Waals surface area contributed by atoms with Gasteiger partial charge in [0.05, 0.1) is 11.7 Å². The first-order valence-electron chi connectivity index (χ1n) is 10.5. The number of pyridine rings is 1. The van der Waals surface area contributed by atoms with Crippen LogP contribution in [0.25, 0.3) is 0 Å². The summed E-state index contributed by atoms with van der Waals surface area (Å²) in [4.78, 5) is 32.0. The minimum Gasteiger partial charge on any atom is -0.331 e. The first kappa shape index (κ1) is 18.9. The molecule has 146 valence electrons. The molecule has 28 heavy (non-hydrogen) atoms. The van der Waals surface area contributed by atoms with E-state index in [4.69, 9.17) is 0 Å². The third-order valence-electron chi connectivity index (χ3n) is 6.00. The largest absolute Gasteiger partial charge is 0.331 e. The number of ketones is 1. The molecule has 1 atom stereocenters. The molecular formula is C24H28N2O2. The van der Waals surface area contributed by atoms with Crippen LogP contribution in [-0.4, -0.2) is 27.6 Å². The summed E-state index contributed by atoms with van der Waals surface area (Å²) in [6.07, 6.45) is 9.01. The highest BCUT2D eigenvalue weighted by molar-refractivity contribution is 5.98. The Hall–Kier alpha value is -2.49. The maximum Gasteiger partial charge on any atom is 0.223 e. The van der Waals surface area contributed by atoms with Crippen molar-refractivity contribution in [2.45, 2.75) is 70.4 Å². The van der Waals surface area contributed by atoms with Crippen LogP contribution in [0.15, 0.2) is 42.6 Å². The predicted molar refractivity (Wildman–Crippen MR) is 109 cm³/mol. The average molecular weight is 377 g/mol. The number of hydrogen-bond acceptors (Lipinski definition) is 3. The van der Waals surface area contributed by atoms with E-state index in [1.165, 1.54) is 24.0 Å². The van der Waals surface area contributed by atoms with E-state index >= 15 is 0 Å². The Bertz CT molecular complexity index is 858. The fraction of sp³-hybridized carbons (Fsp3) is 0.458. The van der Waals surface area contributed by atoms with Crippen molar-refractivity contribution in [3.05, 3.63) is 65.0 Å². The van der Waals surface area contributed by atoms with E-state index in [2.05, 4.69) is 17.1 Å². The fourth-order valence-corrected chi connectivity index (χ4v) is 4.25. The molecule has 0 spiro atoms. The van der Waals surface area contributed by atoms with E-state index in [0.717, 1.165) is 36.9 Å². The summed E-state index contributed by atoms with van der Waals surface area (Å²) in [7, 11) is 0. The number of rotatable bonds is 7. The van der Waals surface area contributed by atoms with Gasteiger partial charge in [-0.3, -0.25) is 14.6 Å². The van der Waals surface area contributed by atoms with E-state index in [1.54, 1.807) is 6.20 Å². The number of fused-ring (bicyclic) bond motifs is 1. The molecule has 4 heteroatoms. The van der Waals surface area contributed by atoms with Crippen molar-refractivity contribution >= 4 is 11.7 Å². The number of carbonyl (C=O) groups is 2. The molecule has 2 aromatic rings. The fourth-order valence-electron chi connectivity index (χ4n) is 4.25. The van der Waals surface area contributed by atoms with Crippen LogP contribution in [0.5, 0.6) is 0 Å². The minimum absolute atomic E-state index is 0.0555. The van der Waals surface area contributed by atoms with Gasteiger partial charge in [0.25, 0.3) is 0 Å². The van der Waals surface area contributed by atoms with Gasteiger partial charge in [0, 0.05) is 30.6 Å². The summed E-state index contributed by atoms with van der Waals surface area (Å²) in [6, 6.07) is 12.1. The van der Waals surface area contributed by atoms with Gasteiger partial charge in [0.15, 0.2) is 5.78 Å². The number of Topliss-reactive ketones (excluding diaryl/α,β-unsaturated/α-hetero) is 1. The molecule has 0 radical (unpaired) electrons. The Morgan fingerprint density at radius 3 is 2.57 bits per heavy atom. The van der Waals surface area contributed by atoms with E-state index in [0.29, 0.717) is 6.04 Å². The molecule has 1 heterocycles. The molecule has 1 aromatic heterocycles. The van der Waals surface area contributed by atoms with Crippen LogP contribution in [-0.2, 0) is 17.6 Å². The van der Waals surface area contributed by atoms with Gasteiger partial charge in [0.2, 0.25) is 5.91 Å². The number of benzene rings is 1. The van der Waals surface area contributed by atoms with Gasteiger partial charge < -0.3 is 4.90 Å². The summed E-state index contributed by atoms with van der Waals surface area (Å²) in [5.74, 6) is 0.134. The van der Waals surface area contributed by atoms with Crippen LogP contribution in [0.1, 0.15) is 78.7 Å². The maximum atomic E-state index is 13.0. The SMILES string of the molecule is CC(c1ccccn1)N(C(=O)CCC(=O)c1ccc2c(c1)CCCC2)C1CC1. The van der Waals surface area contributed by atoms with Crippen LogP contribution < -0.4 is 0 Å². The van der Waals surface area contributed by atoms with Crippen LogP contribution in [0.2, 0.25) is 0 Å². The van der Waals surface area contributed by atoms with E-state index in [-0.39, 0.29) is 30.6 Å². The minimum atomic E-state index is -0.0555. The zero-order chi connectivity index (χ0) is 19.5. The monoisotopic (exact) mass is 376 g/mol. The van der Waals surface area contributed by atoms with Gasteiger partial charge in [-0.05, 0) is 74.8 Å². The Morgan fingerprint density at radius 2 is 1.86 bits per heavy atom. The number of aryl methyl sites for hydroxylation is 2. The van der Waals surface area contributed by atoms with Gasteiger partial charge >= 0.3 is 0 Å². The first-order valence-corrected chi connectivity index (χ1v) is 10.5. The van der Waals surface area contributed by atoms with Crippen molar-refractivity contribution in [1.82, 2.24) is 9.88 Å². The van der Waals surface area contributed by atoms with Crippen LogP contribution >= 0.6 is 0 Å². The molecular weight excluding hydrogens is 348 g/mol. The zero-order valence-corrected chi connectivity index (χ0v) is 16.6. The lowest BCUT2D eigenvalue weighted by Gasteiger charge is -2.29. The number of hydrogen-bond donors (Lipinski definition) is 0. The Balaban J connectivity index is 1.40. The Labute approximate surface area is 167 Å². The van der Waals surface area contributed by atoms with Gasteiger partial charge in [-0.25, -0.2) is 0 Å². The highest BCUT2D eigenvalue weighted by atomic mass is 16.2. The second-order valence-electron chi connectivity index (χ2n) is 8.08. The highest BCUT2D eigenvalue weighted by Crippen LogP contribution is 2.34. The van der Waals surface area contributed by atoms with E-state index in [1.807, 2.05) is 36.1 Å². The molecule has 2 aliphatic rings. The van der Waals surface area contributed by atoms with Gasteiger partial charge in [-0.1, -0.05) is 18.2 Å². The number of amides is 1. The average Bonchev–Trinajstić information content (AvgIpc) is 3.57. The van der Waals surface area contributed by atoms with Crippen molar-refractivity contribution in [1.29, 1.82) is 0 Å². The number of carbonyl (C=O) groups excluding carboxylic acids is 2. The third kappa shape index (κ3) is 4.16. The lowest BCUT2D eigenvalue weighted by atomic mass is 9.89. The first-order chi connectivity index (χ1) is 13.6. The third-order valence-corrected chi connectivity index (χ3v) is 6.00. The number of aromatic nitrogens is 1. The van der Waals surface area contributed by atoms with Gasteiger partial charge in [-0.15, -0.1) is 0 Å². The molecule has 4 rings (SSSR count). The second kappa shape index (κ2) is 8.26. The van der Waals surface area contributed by atoms with E-state index < -0.39 is 0 Å². The topological polar surface area (TPSA) is 50.3 Å². The Kier molecular flexibility index (Phi) is 5.56. The molecule has 1 amide bonds. The lowest BCUT2D eigenvalue weighted by Crippen LogP contribution is -2.36. The van der Waals surface area contributed by atoms with Crippen molar-refractivity contribution in [2.24, 2.45) is 0 Å². The number of nitrogens with zero attached hydrogens (tertiary/aromatic N) is 2. The predicted octanol–water partition coefficient (Wildman–Crippen LogP) is 4.68. The highest BCUT2D eigenvalue weighted by Gasteiger charge is 2.36.